The summed E-state index contributed by atoms with van der Waals surface area (Å²) in [6.07, 6.45) is 2.18. The summed E-state index contributed by atoms with van der Waals surface area (Å²) in [4.78, 5) is 7.95. The molecule has 0 saturated heterocycles. The first-order chi connectivity index (χ1) is 9.08. The van der Waals surface area contributed by atoms with Crippen LogP contribution in [0.4, 0.5) is 10.2 Å². The van der Waals surface area contributed by atoms with Crippen LogP contribution in [0.2, 0.25) is 5.15 Å². The third-order valence-electron chi connectivity index (χ3n) is 2.74. The average Bonchev–Trinajstić information content (AvgIpc) is 2.37. The second-order valence-electron chi connectivity index (χ2n) is 4.07. The molecule has 1 heterocycles. The summed E-state index contributed by atoms with van der Waals surface area (Å²) in [5, 5.41) is 3.54. The molecule has 3 nitrogen and oxygen atoms in total. The van der Waals surface area contributed by atoms with E-state index in [2.05, 4.69) is 31.2 Å². The quantitative estimate of drug-likeness (QED) is 0.852. The Morgan fingerprint density at radius 3 is 2.89 bits per heavy atom. The predicted octanol–water partition coefficient (Wildman–Crippen LogP) is 3.99. The number of aryl methyl sites for hydroxylation is 1. The standard InChI is InChI=1S/C13H12BrClFN3/c1-8-6-10(16)3-2-9(8)4-5-17-13-11(14)12(15)18-7-19-13/h2-3,6-7H,4-5H2,1H3,(H,17,18,19). The molecule has 0 aliphatic rings. The lowest BCUT2D eigenvalue weighted by atomic mass is 10.1. The first kappa shape index (κ1) is 14.2. The largest absolute Gasteiger partial charge is 0.369 e. The molecule has 2 aromatic rings. The molecular weight excluding hydrogens is 333 g/mol. The maximum atomic E-state index is 13.0. The molecule has 0 aliphatic heterocycles. The Morgan fingerprint density at radius 1 is 1.37 bits per heavy atom. The monoisotopic (exact) mass is 343 g/mol. The fraction of sp³-hybridized carbons (Fsp3) is 0.231. The maximum absolute atomic E-state index is 13.0. The average molecular weight is 345 g/mol. The summed E-state index contributed by atoms with van der Waals surface area (Å²) in [5.74, 6) is 0.444. The van der Waals surface area contributed by atoms with Crippen molar-refractivity contribution in [3.05, 3.63) is 51.1 Å². The summed E-state index contributed by atoms with van der Waals surface area (Å²) < 4.78 is 13.6. The first-order valence-corrected chi connectivity index (χ1v) is 6.90. The molecule has 100 valence electrons. The van der Waals surface area contributed by atoms with E-state index in [1.54, 1.807) is 6.07 Å². The van der Waals surface area contributed by atoms with E-state index in [4.69, 9.17) is 11.6 Å². The van der Waals surface area contributed by atoms with E-state index in [1.165, 1.54) is 18.5 Å². The number of nitrogens with one attached hydrogen (secondary N) is 1. The van der Waals surface area contributed by atoms with E-state index in [9.17, 15) is 4.39 Å². The van der Waals surface area contributed by atoms with Crippen LogP contribution >= 0.6 is 27.5 Å². The maximum Gasteiger partial charge on any atom is 0.148 e. The van der Waals surface area contributed by atoms with Gasteiger partial charge in [0.2, 0.25) is 0 Å². The van der Waals surface area contributed by atoms with Gasteiger partial charge >= 0.3 is 0 Å². The summed E-state index contributed by atoms with van der Waals surface area (Å²) in [7, 11) is 0. The Balaban J connectivity index is 1.98. The van der Waals surface area contributed by atoms with E-state index >= 15 is 0 Å². The van der Waals surface area contributed by atoms with Crippen molar-refractivity contribution in [1.82, 2.24) is 9.97 Å². The fourth-order valence-corrected chi connectivity index (χ4v) is 2.21. The molecule has 0 saturated carbocycles. The zero-order chi connectivity index (χ0) is 13.8. The number of aromatic nitrogens is 2. The fourth-order valence-electron chi connectivity index (χ4n) is 1.73. The van der Waals surface area contributed by atoms with Gasteiger partial charge in [0.15, 0.2) is 0 Å². The zero-order valence-electron chi connectivity index (χ0n) is 10.3. The van der Waals surface area contributed by atoms with Crippen LogP contribution in [-0.4, -0.2) is 16.5 Å². The lowest BCUT2D eigenvalue weighted by Crippen LogP contribution is -2.08. The molecule has 0 spiro atoms. The van der Waals surface area contributed by atoms with Gasteiger partial charge in [-0.05, 0) is 52.5 Å². The molecule has 0 amide bonds. The number of hydrogen-bond donors (Lipinski definition) is 1. The van der Waals surface area contributed by atoms with Gasteiger partial charge in [0, 0.05) is 6.54 Å². The highest BCUT2D eigenvalue weighted by Crippen LogP contribution is 2.25. The smallest absolute Gasteiger partial charge is 0.148 e. The SMILES string of the molecule is Cc1cc(F)ccc1CCNc1ncnc(Cl)c1Br. The second-order valence-corrected chi connectivity index (χ2v) is 5.23. The summed E-state index contributed by atoms with van der Waals surface area (Å²) in [6.45, 7) is 2.58. The van der Waals surface area contributed by atoms with Gasteiger partial charge in [-0.3, -0.25) is 0 Å². The topological polar surface area (TPSA) is 37.8 Å². The molecule has 6 heteroatoms. The molecular formula is C13H12BrClFN3. The Kier molecular flexibility index (Phi) is 4.71. The van der Waals surface area contributed by atoms with Crippen molar-refractivity contribution >= 4 is 33.3 Å². The van der Waals surface area contributed by atoms with Crippen LogP contribution in [0.25, 0.3) is 0 Å². The van der Waals surface area contributed by atoms with Gasteiger partial charge in [0.05, 0.1) is 4.47 Å². The van der Waals surface area contributed by atoms with Crippen molar-refractivity contribution in [1.29, 1.82) is 0 Å². The zero-order valence-corrected chi connectivity index (χ0v) is 12.6. The molecule has 0 bridgehead atoms. The van der Waals surface area contributed by atoms with E-state index in [0.29, 0.717) is 22.0 Å². The lowest BCUT2D eigenvalue weighted by molar-refractivity contribution is 0.625. The van der Waals surface area contributed by atoms with Crippen molar-refractivity contribution in [2.45, 2.75) is 13.3 Å². The molecule has 0 radical (unpaired) electrons. The van der Waals surface area contributed by atoms with Crippen LogP contribution in [0.1, 0.15) is 11.1 Å². The van der Waals surface area contributed by atoms with Crippen LogP contribution in [0.5, 0.6) is 0 Å². The number of nitrogens with zero attached hydrogens (tertiary/aromatic N) is 2. The third kappa shape index (κ3) is 3.64. The molecule has 19 heavy (non-hydrogen) atoms. The number of anilines is 1. The molecule has 1 N–H and O–H groups in total. The van der Waals surface area contributed by atoms with Crippen molar-refractivity contribution in [2.75, 3.05) is 11.9 Å². The van der Waals surface area contributed by atoms with Crippen molar-refractivity contribution < 1.29 is 4.39 Å². The first-order valence-electron chi connectivity index (χ1n) is 5.73. The van der Waals surface area contributed by atoms with Crippen LogP contribution in [0, 0.1) is 12.7 Å². The Bertz CT molecular complexity index is 592. The molecule has 1 aromatic heterocycles. The van der Waals surface area contributed by atoms with Crippen molar-refractivity contribution in [3.63, 3.8) is 0 Å². The van der Waals surface area contributed by atoms with Gasteiger partial charge in [0.1, 0.15) is 23.1 Å². The Hall–Kier alpha value is -1.20. The van der Waals surface area contributed by atoms with Gasteiger partial charge in [-0.1, -0.05) is 17.7 Å². The summed E-state index contributed by atoms with van der Waals surface area (Å²) in [6, 6.07) is 4.81. The second kappa shape index (κ2) is 6.30. The molecule has 2 rings (SSSR count). The Morgan fingerprint density at radius 2 is 2.16 bits per heavy atom. The van der Waals surface area contributed by atoms with Gasteiger partial charge in [0.25, 0.3) is 0 Å². The summed E-state index contributed by atoms with van der Waals surface area (Å²) in [5.41, 5.74) is 2.05. The molecule has 0 atom stereocenters. The number of hydrogen-bond acceptors (Lipinski definition) is 3. The molecule has 0 fully saturated rings. The predicted molar refractivity (Wildman–Crippen MR) is 78.1 cm³/mol. The van der Waals surface area contributed by atoms with Crippen molar-refractivity contribution in [3.8, 4) is 0 Å². The van der Waals surface area contributed by atoms with Crippen molar-refractivity contribution in [2.24, 2.45) is 0 Å². The van der Waals surface area contributed by atoms with Crippen LogP contribution < -0.4 is 5.32 Å². The van der Waals surface area contributed by atoms with Gasteiger partial charge < -0.3 is 5.32 Å². The van der Waals surface area contributed by atoms with E-state index < -0.39 is 0 Å². The van der Waals surface area contributed by atoms with Gasteiger partial charge in [-0.2, -0.15) is 0 Å². The van der Waals surface area contributed by atoms with Gasteiger partial charge in [-0.25, -0.2) is 14.4 Å². The minimum Gasteiger partial charge on any atom is -0.369 e. The number of halogens is 3. The lowest BCUT2D eigenvalue weighted by Gasteiger charge is -2.09. The summed E-state index contributed by atoms with van der Waals surface area (Å²) >= 11 is 9.19. The minimum absolute atomic E-state index is 0.209. The highest BCUT2D eigenvalue weighted by Gasteiger charge is 2.06. The minimum atomic E-state index is -0.209. The van der Waals surface area contributed by atoms with E-state index in [1.807, 2.05) is 6.92 Å². The van der Waals surface area contributed by atoms with Crippen LogP contribution in [-0.2, 0) is 6.42 Å². The van der Waals surface area contributed by atoms with E-state index in [0.717, 1.165) is 17.5 Å². The van der Waals surface area contributed by atoms with Gasteiger partial charge in [-0.15, -0.1) is 0 Å². The normalized spacial score (nSPS) is 10.5. The third-order valence-corrected chi connectivity index (χ3v) is 4.00. The highest BCUT2D eigenvalue weighted by atomic mass is 79.9. The number of benzene rings is 1. The number of rotatable bonds is 4. The molecule has 1 aromatic carbocycles. The van der Waals surface area contributed by atoms with Crippen LogP contribution in [0.15, 0.2) is 29.0 Å². The van der Waals surface area contributed by atoms with Crippen LogP contribution in [0.3, 0.4) is 0 Å². The molecule has 0 unspecified atom stereocenters. The highest BCUT2D eigenvalue weighted by molar-refractivity contribution is 9.10. The molecule has 0 aliphatic carbocycles. The van der Waals surface area contributed by atoms with E-state index in [-0.39, 0.29) is 5.82 Å². The Labute approximate surface area is 124 Å².